The Balaban J connectivity index is 2.29. The summed E-state index contributed by atoms with van der Waals surface area (Å²) in [6, 6.07) is 2.36. The first-order valence-corrected chi connectivity index (χ1v) is 9.61. The van der Waals surface area contributed by atoms with Crippen molar-refractivity contribution in [1.29, 1.82) is 0 Å². The summed E-state index contributed by atoms with van der Waals surface area (Å²) in [6.07, 6.45) is 5.35. The van der Waals surface area contributed by atoms with E-state index in [-0.39, 0.29) is 0 Å². The molecule has 1 fully saturated rings. The second kappa shape index (κ2) is 9.19. The summed E-state index contributed by atoms with van der Waals surface area (Å²) in [6.45, 7) is 5.43. The second-order valence-electron chi connectivity index (χ2n) is 6.96. The molecule has 0 spiro atoms. The quantitative estimate of drug-likeness (QED) is 0.501. The van der Waals surface area contributed by atoms with Gasteiger partial charge in [0, 0.05) is 23.2 Å². The second-order valence-corrected chi connectivity index (χ2v) is 7.37. The van der Waals surface area contributed by atoms with E-state index in [1.807, 2.05) is 6.07 Å². The molecule has 1 unspecified atom stereocenters. The van der Waals surface area contributed by atoms with Gasteiger partial charge in [0.05, 0.1) is 5.70 Å². The fraction of sp³-hybridized carbons (Fsp3) is 0.579. The highest BCUT2D eigenvalue weighted by Crippen LogP contribution is 2.25. The van der Waals surface area contributed by atoms with Gasteiger partial charge in [-0.05, 0) is 45.3 Å². The number of hydrogen-bond donors (Lipinski definition) is 3. The zero-order valence-electron chi connectivity index (χ0n) is 15.9. The number of piperidine rings is 1. The molecule has 0 aromatic carbocycles. The van der Waals surface area contributed by atoms with Crippen molar-refractivity contribution in [3.8, 4) is 5.88 Å². The summed E-state index contributed by atoms with van der Waals surface area (Å²) < 4.78 is 6.49. The van der Waals surface area contributed by atoms with Crippen molar-refractivity contribution >= 4 is 23.8 Å². The average molecular weight is 379 g/mol. The highest BCUT2D eigenvalue weighted by molar-refractivity contribution is 7.71. The van der Waals surface area contributed by atoms with Gasteiger partial charge in [0.2, 0.25) is 5.91 Å². The molecule has 2 rings (SSSR count). The van der Waals surface area contributed by atoms with E-state index < -0.39 is 5.91 Å². The van der Waals surface area contributed by atoms with E-state index in [4.69, 9.17) is 28.4 Å². The van der Waals surface area contributed by atoms with Crippen LogP contribution in [0, 0.1) is 4.64 Å². The van der Waals surface area contributed by atoms with Gasteiger partial charge in [-0.25, -0.2) is 0 Å². The summed E-state index contributed by atoms with van der Waals surface area (Å²) in [7, 11) is 2.14. The lowest BCUT2D eigenvalue weighted by molar-refractivity contribution is -0.114. The van der Waals surface area contributed by atoms with E-state index in [9.17, 15) is 4.79 Å². The third-order valence-corrected chi connectivity index (χ3v) is 5.31. The van der Waals surface area contributed by atoms with Crippen LogP contribution >= 0.6 is 12.2 Å². The summed E-state index contributed by atoms with van der Waals surface area (Å²) >= 11 is 5.50. The number of H-pyrrole nitrogens is 1. The Morgan fingerprint density at radius 3 is 2.77 bits per heavy atom. The molecule has 1 aromatic rings. The van der Waals surface area contributed by atoms with E-state index >= 15 is 0 Å². The van der Waals surface area contributed by atoms with Crippen LogP contribution in [0.15, 0.2) is 11.6 Å². The number of nitrogens with two attached hydrogens (primary N) is 2. The Bertz CT molecular complexity index is 742. The zero-order valence-corrected chi connectivity index (χ0v) is 16.7. The van der Waals surface area contributed by atoms with Crippen LogP contribution in [0.5, 0.6) is 5.88 Å². The van der Waals surface area contributed by atoms with Crippen LogP contribution in [-0.2, 0) is 11.2 Å². The van der Waals surface area contributed by atoms with Crippen molar-refractivity contribution in [2.24, 2.45) is 11.5 Å². The van der Waals surface area contributed by atoms with Crippen molar-refractivity contribution in [2.75, 3.05) is 20.2 Å². The third kappa shape index (κ3) is 4.86. The highest BCUT2D eigenvalue weighted by Gasteiger charge is 2.20. The minimum Gasteiger partial charge on any atom is -0.477 e. The normalized spacial score (nSPS) is 19.1. The van der Waals surface area contributed by atoms with Crippen molar-refractivity contribution < 1.29 is 9.53 Å². The lowest BCUT2D eigenvalue weighted by atomic mass is 10.0. The number of aromatic amines is 1. The number of hydrogen-bond acceptors (Lipinski definition) is 5. The summed E-state index contributed by atoms with van der Waals surface area (Å²) in [5.41, 5.74) is 13.9. The Morgan fingerprint density at radius 2 is 2.15 bits per heavy atom. The Morgan fingerprint density at radius 1 is 1.42 bits per heavy atom. The van der Waals surface area contributed by atoms with Gasteiger partial charge in [-0.2, -0.15) is 0 Å². The molecule has 0 radical (unpaired) electrons. The maximum absolute atomic E-state index is 11.5. The number of aryl methyl sites for hydroxylation is 1. The molecule has 7 heteroatoms. The molecule has 26 heavy (non-hydrogen) atoms. The molecule has 0 saturated carbocycles. The summed E-state index contributed by atoms with van der Waals surface area (Å²) in [5.74, 6) is 0.103. The lowest BCUT2D eigenvalue weighted by Crippen LogP contribution is -2.40. The average Bonchev–Trinajstić information content (AvgIpc) is 2.60. The summed E-state index contributed by atoms with van der Waals surface area (Å²) in [4.78, 5) is 16.9. The molecule has 1 aliphatic heterocycles. The predicted molar refractivity (Wildman–Crippen MR) is 107 cm³/mol. The van der Waals surface area contributed by atoms with Crippen molar-refractivity contribution in [3.63, 3.8) is 0 Å². The number of rotatable bonds is 7. The van der Waals surface area contributed by atoms with E-state index in [2.05, 4.69) is 23.9 Å². The number of ether oxygens (including phenoxy) is 1. The molecule has 5 N–H and O–H groups in total. The first kappa shape index (κ1) is 20.5. The van der Waals surface area contributed by atoms with Crippen molar-refractivity contribution in [3.05, 3.63) is 27.4 Å². The maximum Gasteiger partial charge on any atom is 0.246 e. The van der Waals surface area contributed by atoms with E-state index in [0.29, 0.717) is 40.0 Å². The van der Waals surface area contributed by atoms with Crippen LogP contribution in [0.1, 0.15) is 50.7 Å². The number of amides is 1. The van der Waals surface area contributed by atoms with Crippen molar-refractivity contribution in [2.45, 2.75) is 52.0 Å². The Labute approximate surface area is 160 Å². The number of nitrogens with one attached hydrogen (secondary N) is 1. The lowest BCUT2D eigenvalue weighted by Gasteiger charge is -2.32. The van der Waals surface area contributed by atoms with Gasteiger partial charge in [-0.15, -0.1) is 0 Å². The highest BCUT2D eigenvalue weighted by atomic mass is 32.1. The maximum atomic E-state index is 11.5. The standard InChI is InChI=1S/C19H30N4O2S/c1-4-7-13-10-15(25-11-14-8-5-6-9-23(14)3)22-19(26)16(13)17(20)12(2)18(21)24/h10,14H,4-9,11,20H2,1-3H3,(H2,21,24)(H,22,26)/b17-12-. The molecule has 0 aliphatic carbocycles. The van der Waals surface area contributed by atoms with Gasteiger partial charge in [0.15, 0.2) is 5.88 Å². The van der Waals surface area contributed by atoms with Crippen LogP contribution in [-0.4, -0.2) is 42.0 Å². The van der Waals surface area contributed by atoms with Crippen LogP contribution in [0.4, 0.5) is 0 Å². The molecule has 144 valence electrons. The molecular formula is C19H30N4O2S. The molecule has 1 atom stereocenters. The van der Waals surface area contributed by atoms with E-state index in [1.165, 1.54) is 12.8 Å². The third-order valence-electron chi connectivity index (χ3n) is 5.01. The van der Waals surface area contributed by atoms with E-state index in [1.54, 1.807) is 6.92 Å². The molecule has 6 nitrogen and oxygen atoms in total. The van der Waals surface area contributed by atoms with Gasteiger partial charge in [-0.3, -0.25) is 4.79 Å². The number of carbonyl (C=O) groups excluding carboxylic acids is 1. The number of pyridine rings is 1. The van der Waals surface area contributed by atoms with Crippen LogP contribution < -0.4 is 16.2 Å². The summed E-state index contributed by atoms with van der Waals surface area (Å²) in [5, 5.41) is 0. The topological polar surface area (TPSA) is 97.4 Å². The number of likely N-dealkylation sites (tertiary alicyclic amines) is 1. The first-order valence-electron chi connectivity index (χ1n) is 9.20. The largest absolute Gasteiger partial charge is 0.477 e. The van der Waals surface area contributed by atoms with Crippen LogP contribution in [0.2, 0.25) is 0 Å². The molecule has 0 bridgehead atoms. The minimum atomic E-state index is -0.542. The number of nitrogens with zero attached hydrogens (tertiary/aromatic N) is 1. The molecule has 1 aliphatic rings. The van der Waals surface area contributed by atoms with Crippen molar-refractivity contribution in [1.82, 2.24) is 9.88 Å². The minimum absolute atomic E-state index is 0.319. The Hall–Kier alpha value is -1.86. The Kier molecular flexibility index (Phi) is 7.23. The number of primary amides is 1. The van der Waals surface area contributed by atoms with Gasteiger partial charge in [-0.1, -0.05) is 32.0 Å². The number of carbonyl (C=O) groups is 1. The zero-order chi connectivity index (χ0) is 19.3. The molecule has 1 amide bonds. The predicted octanol–water partition coefficient (Wildman–Crippen LogP) is 2.73. The fourth-order valence-electron chi connectivity index (χ4n) is 3.29. The first-order chi connectivity index (χ1) is 12.3. The van der Waals surface area contributed by atoms with Gasteiger partial charge in [0.1, 0.15) is 11.2 Å². The fourth-order valence-corrected chi connectivity index (χ4v) is 3.63. The van der Waals surface area contributed by atoms with Crippen LogP contribution in [0.25, 0.3) is 5.70 Å². The van der Waals surface area contributed by atoms with Gasteiger partial charge < -0.3 is 26.1 Å². The molecule has 2 heterocycles. The monoisotopic (exact) mass is 378 g/mol. The molecular weight excluding hydrogens is 348 g/mol. The number of likely N-dealkylation sites (N-methyl/N-ethyl adjacent to an activating group) is 1. The van der Waals surface area contributed by atoms with Crippen LogP contribution in [0.3, 0.4) is 0 Å². The SMILES string of the molecule is CCCc1cc(OCC2CCCCN2C)[nH]c(=S)c1/C(N)=C(\C)C(N)=O. The van der Waals surface area contributed by atoms with Gasteiger partial charge >= 0.3 is 0 Å². The molecule has 1 aromatic heterocycles. The smallest absolute Gasteiger partial charge is 0.246 e. The van der Waals surface area contributed by atoms with E-state index in [0.717, 1.165) is 31.4 Å². The molecule has 1 saturated heterocycles. The number of aromatic nitrogens is 1. The van der Waals surface area contributed by atoms with Gasteiger partial charge in [0.25, 0.3) is 0 Å².